The lowest BCUT2D eigenvalue weighted by atomic mass is 9.95. The van der Waals surface area contributed by atoms with E-state index in [1.807, 2.05) is 0 Å². The van der Waals surface area contributed by atoms with Crippen LogP contribution in [0, 0.1) is 0 Å². The highest BCUT2D eigenvalue weighted by molar-refractivity contribution is 4.85. The maximum atomic E-state index is 13.1. The third-order valence-corrected chi connectivity index (χ3v) is 1.87. The number of hydrogen-bond acceptors (Lipinski definition) is 2. The second-order valence-electron chi connectivity index (χ2n) is 2.61. The zero-order valence-corrected chi connectivity index (χ0v) is 5.49. The van der Waals surface area contributed by atoms with Gasteiger partial charge in [-0.3, -0.25) is 0 Å². The van der Waals surface area contributed by atoms with Crippen LogP contribution in [0.2, 0.25) is 0 Å². The molecule has 0 bridgehead atoms. The molecule has 1 fully saturated rings. The first-order valence-corrected chi connectivity index (χ1v) is 3.36. The van der Waals surface area contributed by atoms with Crippen LogP contribution in [0.4, 0.5) is 4.39 Å². The van der Waals surface area contributed by atoms with Gasteiger partial charge in [-0.05, 0) is 25.9 Å². The van der Waals surface area contributed by atoms with Gasteiger partial charge in [0.15, 0.2) is 0 Å². The Labute approximate surface area is 54.6 Å². The number of alkyl halides is 1. The predicted molar refractivity (Wildman–Crippen MR) is 35.0 cm³/mol. The van der Waals surface area contributed by atoms with Crippen LogP contribution in [-0.2, 0) is 0 Å². The third kappa shape index (κ3) is 1.63. The van der Waals surface area contributed by atoms with Crippen molar-refractivity contribution in [2.24, 2.45) is 5.73 Å². The summed E-state index contributed by atoms with van der Waals surface area (Å²) in [6.45, 7) is 1.72. The highest BCUT2D eigenvalue weighted by atomic mass is 19.1. The average molecular weight is 132 g/mol. The number of nitrogens with one attached hydrogen (secondary N) is 1. The Morgan fingerprint density at radius 1 is 1.44 bits per heavy atom. The molecule has 1 heterocycles. The van der Waals surface area contributed by atoms with Gasteiger partial charge in [-0.1, -0.05) is 0 Å². The standard InChI is InChI=1S/C6H13FN2/c7-6(5-8)1-3-9-4-2-6/h9H,1-5,8H2. The smallest absolute Gasteiger partial charge is 0.125 e. The van der Waals surface area contributed by atoms with E-state index in [1.165, 1.54) is 0 Å². The van der Waals surface area contributed by atoms with Gasteiger partial charge in [0.1, 0.15) is 5.67 Å². The van der Waals surface area contributed by atoms with Gasteiger partial charge in [-0.2, -0.15) is 0 Å². The van der Waals surface area contributed by atoms with Crippen molar-refractivity contribution in [1.82, 2.24) is 5.32 Å². The van der Waals surface area contributed by atoms with E-state index in [0.717, 1.165) is 13.1 Å². The first-order valence-electron chi connectivity index (χ1n) is 3.36. The highest BCUT2D eigenvalue weighted by Crippen LogP contribution is 2.20. The van der Waals surface area contributed by atoms with E-state index >= 15 is 0 Å². The summed E-state index contributed by atoms with van der Waals surface area (Å²) in [7, 11) is 0. The van der Waals surface area contributed by atoms with Crippen molar-refractivity contribution in [3.8, 4) is 0 Å². The van der Waals surface area contributed by atoms with E-state index in [1.54, 1.807) is 0 Å². The van der Waals surface area contributed by atoms with E-state index < -0.39 is 5.67 Å². The molecule has 1 saturated heterocycles. The van der Waals surface area contributed by atoms with Crippen LogP contribution >= 0.6 is 0 Å². The van der Waals surface area contributed by atoms with Gasteiger partial charge in [0.2, 0.25) is 0 Å². The van der Waals surface area contributed by atoms with Gasteiger partial charge in [-0.25, -0.2) is 4.39 Å². The summed E-state index contributed by atoms with van der Waals surface area (Å²) in [4.78, 5) is 0. The lowest BCUT2D eigenvalue weighted by Crippen LogP contribution is -2.43. The predicted octanol–water partition coefficient (Wildman–Crippen LogP) is 0.0368. The molecular formula is C6H13FN2. The lowest BCUT2D eigenvalue weighted by Gasteiger charge is -2.28. The summed E-state index contributed by atoms with van der Waals surface area (Å²) < 4.78 is 13.1. The summed E-state index contributed by atoms with van der Waals surface area (Å²) in [5.74, 6) is 0. The molecule has 0 atom stereocenters. The normalized spacial score (nSPS) is 26.0. The number of nitrogens with two attached hydrogens (primary N) is 1. The van der Waals surface area contributed by atoms with Gasteiger partial charge in [0.05, 0.1) is 0 Å². The number of rotatable bonds is 1. The molecule has 9 heavy (non-hydrogen) atoms. The van der Waals surface area contributed by atoms with Crippen LogP contribution in [-0.4, -0.2) is 25.3 Å². The van der Waals surface area contributed by atoms with Crippen LogP contribution in [0.3, 0.4) is 0 Å². The fourth-order valence-electron chi connectivity index (χ4n) is 1.08. The largest absolute Gasteiger partial charge is 0.328 e. The maximum absolute atomic E-state index is 13.1. The topological polar surface area (TPSA) is 38.0 Å². The van der Waals surface area contributed by atoms with E-state index in [9.17, 15) is 4.39 Å². The quantitative estimate of drug-likeness (QED) is 0.528. The molecule has 0 amide bonds. The summed E-state index contributed by atoms with van der Waals surface area (Å²) in [6, 6.07) is 0. The fraction of sp³-hybridized carbons (Fsp3) is 1.00. The number of halogens is 1. The molecule has 0 saturated carbocycles. The maximum Gasteiger partial charge on any atom is 0.125 e. The molecule has 0 unspecified atom stereocenters. The van der Waals surface area contributed by atoms with E-state index in [-0.39, 0.29) is 6.54 Å². The lowest BCUT2D eigenvalue weighted by molar-refractivity contribution is 0.126. The summed E-state index contributed by atoms with van der Waals surface area (Å²) in [5.41, 5.74) is 4.17. The molecule has 0 radical (unpaired) electrons. The van der Waals surface area contributed by atoms with Gasteiger partial charge in [0, 0.05) is 6.54 Å². The fourth-order valence-corrected chi connectivity index (χ4v) is 1.08. The SMILES string of the molecule is NCC1(F)CCNCC1. The van der Waals surface area contributed by atoms with Gasteiger partial charge in [0.25, 0.3) is 0 Å². The van der Waals surface area contributed by atoms with Crippen molar-refractivity contribution >= 4 is 0 Å². The summed E-state index contributed by atoms with van der Waals surface area (Å²) in [5, 5.41) is 3.08. The van der Waals surface area contributed by atoms with Crippen molar-refractivity contribution in [3.05, 3.63) is 0 Å². The molecular weight excluding hydrogens is 119 g/mol. The molecule has 0 aromatic heterocycles. The van der Waals surface area contributed by atoms with Gasteiger partial charge in [-0.15, -0.1) is 0 Å². The van der Waals surface area contributed by atoms with E-state index in [4.69, 9.17) is 5.73 Å². The molecule has 3 heteroatoms. The number of piperidine rings is 1. The molecule has 0 spiro atoms. The molecule has 1 aliphatic heterocycles. The molecule has 0 aromatic rings. The second kappa shape index (κ2) is 2.62. The Balaban J connectivity index is 2.37. The molecule has 54 valence electrons. The van der Waals surface area contributed by atoms with Crippen LogP contribution in [0.15, 0.2) is 0 Å². The van der Waals surface area contributed by atoms with E-state index in [0.29, 0.717) is 12.8 Å². The average Bonchev–Trinajstić information content (AvgIpc) is 1.90. The third-order valence-electron chi connectivity index (χ3n) is 1.87. The first-order chi connectivity index (χ1) is 4.27. The monoisotopic (exact) mass is 132 g/mol. The van der Waals surface area contributed by atoms with E-state index in [2.05, 4.69) is 5.32 Å². The zero-order chi connectivity index (χ0) is 6.74. The molecule has 1 rings (SSSR count). The van der Waals surface area contributed by atoms with Crippen LogP contribution < -0.4 is 11.1 Å². The Kier molecular flexibility index (Phi) is 2.03. The van der Waals surface area contributed by atoms with Crippen molar-refractivity contribution in [2.45, 2.75) is 18.5 Å². The second-order valence-corrected chi connectivity index (χ2v) is 2.61. The minimum atomic E-state index is -1.06. The Bertz CT molecular complexity index is 89.1. The molecule has 0 aliphatic carbocycles. The zero-order valence-electron chi connectivity index (χ0n) is 5.49. The Hall–Kier alpha value is -0.150. The minimum absolute atomic E-state index is 0.175. The molecule has 2 nitrogen and oxygen atoms in total. The van der Waals surface area contributed by atoms with Crippen molar-refractivity contribution in [3.63, 3.8) is 0 Å². The molecule has 1 aliphatic rings. The van der Waals surface area contributed by atoms with Crippen molar-refractivity contribution < 1.29 is 4.39 Å². The van der Waals surface area contributed by atoms with Crippen molar-refractivity contribution in [1.29, 1.82) is 0 Å². The number of hydrogen-bond donors (Lipinski definition) is 2. The molecule has 3 N–H and O–H groups in total. The summed E-state index contributed by atoms with van der Waals surface area (Å²) >= 11 is 0. The van der Waals surface area contributed by atoms with Gasteiger partial charge >= 0.3 is 0 Å². The van der Waals surface area contributed by atoms with Crippen LogP contribution in [0.1, 0.15) is 12.8 Å². The van der Waals surface area contributed by atoms with Gasteiger partial charge < -0.3 is 11.1 Å². The first kappa shape index (κ1) is 6.96. The minimum Gasteiger partial charge on any atom is -0.328 e. The Morgan fingerprint density at radius 2 is 2.00 bits per heavy atom. The summed E-state index contributed by atoms with van der Waals surface area (Å²) in [6.07, 6.45) is 1.15. The van der Waals surface area contributed by atoms with Crippen LogP contribution in [0.25, 0.3) is 0 Å². The highest BCUT2D eigenvalue weighted by Gasteiger charge is 2.29. The molecule has 0 aromatic carbocycles. The Morgan fingerprint density at radius 3 is 2.33 bits per heavy atom. The van der Waals surface area contributed by atoms with Crippen LogP contribution in [0.5, 0.6) is 0 Å². The van der Waals surface area contributed by atoms with Crippen molar-refractivity contribution in [2.75, 3.05) is 19.6 Å².